The summed E-state index contributed by atoms with van der Waals surface area (Å²) in [6.45, 7) is 4.63. The van der Waals surface area contributed by atoms with E-state index in [0.717, 1.165) is 45.6 Å². The van der Waals surface area contributed by atoms with E-state index in [2.05, 4.69) is 32.9 Å². The SMILES string of the molecule is CCCCOc1ccc(C(=O)NC(=S)Nc2cccc(-c3nn4c(C)nnc4s3)c2)cc1. The van der Waals surface area contributed by atoms with Gasteiger partial charge in [-0.05, 0) is 62.0 Å². The lowest BCUT2D eigenvalue weighted by Crippen LogP contribution is -2.34. The number of nitrogens with zero attached hydrogens (tertiary/aromatic N) is 4. The van der Waals surface area contributed by atoms with Gasteiger partial charge in [-0.3, -0.25) is 10.1 Å². The maximum Gasteiger partial charge on any atom is 0.257 e. The number of carbonyl (C=O) groups excluding carboxylic acids is 1. The van der Waals surface area contributed by atoms with E-state index in [0.29, 0.717) is 12.2 Å². The van der Waals surface area contributed by atoms with E-state index in [4.69, 9.17) is 17.0 Å². The normalized spacial score (nSPS) is 10.8. The van der Waals surface area contributed by atoms with Gasteiger partial charge in [0, 0.05) is 16.8 Å². The van der Waals surface area contributed by atoms with Crippen molar-refractivity contribution in [2.45, 2.75) is 26.7 Å². The average Bonchev–Trinajstić information content (AvgIpc) is 3.36. The van der Waals surface area contributed by atoms with Crippen LogP contribution in [0.3, 0.4) is 0 Å². The Morgan fingerprint density at radius 1 is 1.19 bits per heavy atom. The second-order valence-electron chi connectivity index (χ2n) is 7.06. The molecule has 0 bridgehead atoms. The van der Waals surface area contributed by atoms with Gasteiger partial charge in [-0.2, -0.15) is 9.61 Å². The molecule has 0 atom stereocenters. The zero-order valence-corrected chi connectivity index (χ0v) is 19.3. The Morgan fingerprint density at radius 3 is 2.75 bits per heavy atom. The molecular formula is C22H22N6O2S2. The summed E-state index contributed by atoms with van der Waals surface area (Å²) in [6.07, 6.45) is 2.07. The third kappa shape index (κ3) is 5.09. The third-order valence-corrected chi connectivity index (χ3v) is 5.78. The average molecular weight is 467 g/mol. The van der Waals surface area contributed by atoms with Crippen molar-refractivity contribution in [2.75, 3.05) is 11.9 Å². The second kappa shape index (κ2) is 9.84. The fourth-order valence-corrected chi connectivity index (χ4v) is 4.03. The third-order valence-electron chi connectivity index (χ3n) is 4.62. The first-order valence-electron chi connectivity index (χ1n) is 10.2. The van der Waals surface area contributed by atoms with Gasteiger partial charge in [-0.1, -0.05) is 36.8 Å². The maximum absolute atomic E-state index is 12.5. The number of nitrogens with one attached hydrogen (secondary N) is 2. The summed E-state index contributed by atoms with van der Waals surface area (Å²) in [5.41, 5.74) is 2.16. The Bertz CT molecular complexity index is 1250. The molecule has 2 N–H and O–H groups in total. The number of hydrogen-bond donors (Lipinski definition) is 2. The minimum absolute atomic E-state index is 0.212. The van der Waals surface area contributed by atoms with E-state index in [9.17, 15) is 4.79 Å². The molecule has 0 spiro atoms. The summed E-state index contributed by atoms with van der Waals surface area (Å²) < 4.78 is 7.34. The van der Waals surface area contributed by atoms with Gasteiger partial charge in [-0.25, -0.2) is 0 Å². The smallest absolute Gasteiger partial charge is 0.257 e. The molecule has 2 aromatic heterocycles. The van der Waals surface area contributed by atoms with Crippen LogP contribution in [-0.4, -0.2) is 37.4 Å². The standard InChI is InChI=1S/C22H22N6O2S2/c1-3-4-12-30-18-10-8-15(9-11-18)19(29)24-21(31)23-17-7-5-6-16(13-17)20-27-28-14(2)25-26-22(28)32-20/h5-11,13H,3-4,12H2,1-2H3,(H2,23,24,29,31). The number of unbranched alkanes of at least 4 members (excludes halogenated alkanes) is 1. The number of aryl methyl sites for hydroxylation is 1. The molecule has 32 heavy (non-hydrogen) atoms. The molecule has 10 heteroatoms. The Hall–Kier alpha value is -3.37. The van der Waals surface area contributed by atoms with Crippen LogP contribution in [0.4, 0.5) is 5.69 Å². The lowest BCUT2D eigenvalue weighted by atomic mass is 10.2. The van der Waals surface area contributed by atoms with E-state index in [-0.39, 0.29) is 11.0 Å². The lowest BCUT2D eigenvalue weighted by molar-refractivity contribution is 0.0977. The highest BCUT2D eigenvalue weighted by molar-refractivity contribution is 7.80. The molecule has 0 aliphatic heterocycles. The van der Waals surface area contributed by atoms with Crippen molar-refractivity contribution in [3.05, 3.63) is 59.9 Å². The minimum atomic E-state index is -0.289. The Balaban J connectivity index is 1.37. The van der Waals surface area contributed by atoms with Crippen LogP contribution in [0.25, 0.3) is 15.5 Å². The van der Waals surface area contributed by atoms with E-state index < -0.39 is 0 Å². The Labute approximate surface area is 194 Å². The number of anilines is 1. The summed E-state index contributed by atoms with van der Waals surface area (Å²) in [6, 6.07) is 14.6. The first kappa shape index (κ1) is 21.8. The minimum Gasteiger partial charge on any atom is -0.494 e. The van der Waals surface area contributed by atoms with Gasteiger partial charge in [0.2, 0.25) is 4.96 Å². The highest BCUT2D eigenvalue weighted by atomic mass is 32.1. The fraction of sp³-hybridized carbons (Fsp3) is 0.227. The number of fused-ring (bicyclic) bond motifs is 1. The van der Waals surface area contributed by atoms with Gasteiger partial charge >= 0.3 is 0 Å². The predicted octanol–water partition coefficient (Wildman–Crippen LogP) is 4.47. The van der Waals surface area contributed by atoms with Crippen molar-refractivity contribution in [1.82, 2.24) is 25.1 Å². The molecule has 8 nitrogen and oxygen atoms in total. The van der Waals surface area contributed by atoms with Gasteiger partial charge in [0.15, 0.2) is 10.9 Å². The molecule has 4 rings (SSSR count). The molecule has 0 unspecified atom stereocenters. The number of ether oxygens (including phenoxy) is 1. The molecule has 164 valence electrons. The summed E-state index contributed by atoms with van der Waals surface area (Å²) in [4.78, 5) is 13.2. The lowest BCUT2D eigenvalue weighted by Gasteiger charge is -2.11. The molecule has 0 radical (unpaired) electrons. The molecular weight excluding hydrogens is 444 g/mol. The summed E-state index contributed by atoms with van der Waals surface area (Å²) in [7, 11) is 0. The van der Waals surface area contributed by atoms with Crippen LogP contribution in [0.2, 0.25) is 0 Å². The van der Waals surface area contributed by atoms with Crippen LogP contribution < -0.4 is 15.4 Å². The van der Waals surface area contributed by atoms with Gasteiger partial charge in [0.05, 0.1) is 6.61 Å². The summed E-state index contributed by atoms with van der Waals surface area (Å²) in [5, 5.41) is 19.4. The maximum atomic E-state index is 12.5. The van der Waals surface area contributed by atoms with E-state index in [1.165, 1.54) is 11.3 Å². The molecule has 2 heterocycles. The number of carbonyl (C=O) groups is 1. The van der Waals surface area contributed by atoms with Crippen LogP contribution in [0.5, 0.6) is 5.75 Å². The molecule has 0 aliphatic rings. The number of benzene rings is 2. The van der Waals surface area contributed by atoms with Crippen molar-refractivity contribution >= 4 is 45.2 Å². The molecule has 1 amide bonds. The number of hydrogen-bond acceptors (Lipinski definition) is 7. The highest BCUT2D eigenvalue weighted by Crippen LogP contribution is 2.27. The van der Waals surface area contributed by atoms with Gasteiger partial charge in [-0.15, -0.1) is 10.2 Å². The van der Waals surface area contributed by atoms with Crippen LogP contribution in [0.1, 0.15) is 35.9 Å². The monoisotopic (exact) mass is 466 g/mol. The number of thiocarbonyl (C=S) groups is 1. The topological polar surface area (TPSA) is 93.4 Å². The zero-order valence-electron chi connectivity index (χ0n) is 17.7. The van der Waals surface area contributed by atoms with E-state index in [1.54, 1.807) is 28.8 Å². The number of aromatic nitrogens is 4. The first-order valence-corrected chi connectivity index (χ1v) is 11.4. The van der Waals surface area contributed by atoms with Crippen molar-refractivity contribution in [3.8, 4) is 16.3 Å². The highest BCUT2D eigenvalue weighted by Gasteiger charge is 2.12. The molecule has 0 saturated carbocycles. The van der Waals surface area contributed by atoms with E-state index in [1.807, 2.05) is 31.2 Å². The van der Waals surface area contributed by atoms with Crippen molar-refractivity contribution in [1.29, 1.82) is 0 Å². The van der Waals surface area contributed by atoms with Crippen LogP contribution in [0, 0.1) is 6.92 Å². The predicted molar refractivity (Wildman–Crippen MR) is 129 cm³/mol. The first-order chi connectivity index (χ1) is 15.5. The van der Waals surface area contributed by atoms with Crippen LogP contribution in [0.15, 0.2) is 48.5 Å². The molecule has 0 fully saturated rings. The fourth-order valence-electron chi connectivity index (χ4n) is 2.94. The summed E-state index contributed by atoms with van der Waals surface area (Å²) >= 11 is 6.77. The van der Waals surface area contributed by atoms with Crippen molar-refractivity contribution in [3.63, 3.8) is 0 Å². The number of rotatable bonds is 7. The van der Waals surface area contributed by atoms with Crippen LogP contribution in [-0.2, 0) is 0 Å². The second-order valence-corrected chi connectivity index (χ2v) is 8.43. The van der Waals surface area contributed by atoms with Gasteiger partial charge in [0.1, 0.15) is 10.8 Å². The molecule has 0 saturated heterocycles. The molecule has 0 aliphatic carbocycles. The zero-order chi connectivity index (χ0) is 22.5. The van der Waals surface area contributed by atoms with Gasteiger partial charge < -0.3 is 10.1 Å². The molecule has 2 aromatic carbocycles. The van der Waals surface area contributed by atoms with Crippen molar-refractivity contribution < 1.29 is 9.53 Å². The van der Waals surface area contributed by atoms with Crippen LogP contribution >= 0.6 is 23.6 Å². The van der Waals surface area contributed by atoms with Gasteiger partial charge in [0.25, 0.3) is 5.91 Å². The van der Waals surface area contributed by atoms with Crippen molar-refractivity contribution in [2.24, 2.45) is 0 Å². The largest absolute Gasteiger partial charge is 0.494 e. The quantitative estimate of drug-likeness (QED) is 0.307. The number of amides is 1. The summed E-state index contributed by atoms with van der Waals surface area (Å²) in [5.74, 6) is 1.19. The molecule has 4 aromatic rings. The van der Waals surface area contributed by atoms with E-state index >= 15 is 0 Å². The Morgan fingerprint density at radius 2 is 2.00 bits per heavy atom. The Kier molecular flexibility index (Phi) is 6.72.